The predicted octanol–water partition coefficient (Wildman–Crippen LogP) is 0.170. The number of allylic oxidation sites excluding steroid dienone is 2. The smallest absolute Gasteiger partial charge is 0.0653 e. The summed E-state index contributed by atoms with van der Waals surface area (Å²) in [6, 6.07) is 3.57. The lowest BCUT2D eigenvalue weighted by molar-refractivity contribution is 0.460. The van der Waals surface area contributed by atoms with Crippen LogP contribution in [0.3, 0.4) is 0 Å². The average Bonchev–Trinajstić information content (AvgIpc) is 2.24. The summed E-state index contributed by atoms with van der Waals surface area (Å²) >= 11 is 0. The second-order valence-corrected chi connectivity index (χ2v) is 3.77. The normalized spacial score (nSPS) is 29.3. The Morgan fingerprint density at radius 2 is 2.27 bits per heavy atom. The molecule has 2 rings (SSSR count). The van der Waals surface area contributed by atoms with Crippen LogP contribution in [-0.2, 0) is 6.42 Å². The molecule has 0 radical (unpaired) electrons. The van der Waals surface area contributed by atoms with Crippen molar-refractivity contribution < 1.29 is 0 Å². The van der Waals surface area contributed by atoms with Crippen molar-refractivity contribution in [1.82, 2.24) is 10.2 Å². The molecule has 0 saturated carbocycles. The Labute approximate surface area is 88.7 Å². The minimum Gasteiger partial charge on any atom is -0.323 e. The Balaban J connectivity index is 2.18. The maximum atomic E-state index is 6.20. The van der Waals surface area contributed by atoms with E-state index in [1.54, 1.807) is 6.20 Å². The Morgan fingerprint density at radius 3 is 2.93 bits per heavy atom. The van der Waals surface area contributed by atoms with Gasteiger partial charge in [-0.2, -0.15) is 10.2 Å². The van der Waals surface area contributed by atoms with Crippen molar-refractivity contribution >= 4 is 0 Å². The number of nitrogens with two attached hydrogens (primary N) is 2. The number of nitrogens with zero attached hydrogens (tertiary/aromatic N) is 2. The highest BCUT2D eigenvalue weighted by atomic mass is 15.1. The number of hydrogen-bond acceptors (Lipinski definition) is 4. The summed E-state index contributed by atoms with van der Waals surface area (Å²) in [5.41, 5.74) is 12.5. The lowest BCUT2D eigenvalue weighted by atomic mass is 9.84. The van der Waals surface area contributed by atoms with Crippen molar-refractivity contribution in [3.8, 4) is 0 Å². The van der Waals surface area contributed by atoms with Gasteiger partial charge in [-0.25, -0.2) is 0 Å². The Kier molecular flexibility index (Phi) is 2.62. The first kappa shape index (κ1) is 10.0. The molecule has 4 nitrogen and oxygen atoms in total. The molecule has 0 aromatic carbocycles. The van der Waals surface area contributed by atoms with E-state index in [0.29, 0.717) is 6.42 Å². The van der Waals surface area contributed by atoms with E-state index in [1.165, 1.54) is 0 Å². The van der Waals surface area contributed by atoms with E-state index in [9.17, 15) is 0 Å². The molecule has 0 amide bonds. The highest BCUT2D eigenvalue weighted by Gasteiger charge is 2.30. The van der Waals surface area contributed by atoms with Crippen molar-refractivity contribution in [3.63, 3.8) is 0 Å². The van der Waals surface area contributed by atoms with Crippen LogP contribution >= 0.6 is 0 Å². The molecule has 4 N–H and O–H groups in total. The van der Waals surface area contributed by atoms with E-state index in [0.717, 1.165) is 5.69 Å². The van der Waals surface area contributed by atoms with Crippen molar-refractivity contribution in [2.45, 2.75) is 18.0 Å². The van der Waals surface area contributed by atoms with Crippen LogP contribution in [0.5, 0.6) is 0 Å². The van der Waals surface area contributed by atoms with Gasteiger partial charge < -0.3 is 11.5 Å². The molecule has 1 aliphatic carbocycles. The summed E-state index contributed by atoms with van der Waals surface area (Å²) in [5, 5.41) is 7.83. The second kappa shape index (κ2) is 3.92. The highest BCUT2D eigenvalue weighted by Crippen LogP contribution is 2.18. The first-order valence-corrected chi connectivity index (χ1v) is 4.88. The van der Waals surface area contributed by atoms with Crippen LogP contribution < -0.4 is 11.5 Å². The Morgan fingerprint density at radius 1 is 1.40 bits per heavy atom. The molecule has 0 saturated heterocycles. The monoisotopic (exact) mass is 202 g/mol. The molecule has 0 bridgehead atoms. The van der Waals surface area contributed by atoms with Crippen molar-refractivity contribution in [2.75, 3.05) is 0 Å². The van der Waals surface area contributed by atoms with Crippen LogP contribution in [0, 0.1) is 0 Å². The second-order valence-electron chi connectivity index (χ2n) is 3.77. The molecule has 0 spiro atoms. The van der Waals surface area contributed by atoms with Crippen molar-refractivity contribution in [1.29, 1.82) is 0 Å². The molecule has 78 valence electrons. The van der Waals surface area contributed by atoms with Crippen molar-refractivity contribution in [3.05, 3.63) is 48.3 Å². The molecule has 15 heavy (non-hydrogen) atoms. The number of hydrogen-bond donors (Lipinski definition) is 2. The first-order chi connectivity index (χ1) is 7.21. The van der Waals surface area contributed by atoms with E-state index in [2.05, 4.69) is 10.2 Å². The van der Waals surface area contributed by atoms with Crippen LogP contribution in [0.25, 0.3) is 0 Å². The van der Waals surface area contributed by atoms with Gasteiger partial charge in [0.15, 0.2) is 0 Å². The minimum absolute atomic E-state index is 0.176. The SMILES string of the molecule is NC1C=CC=CC1(N)Cc1cccnn1. The van der Waals surface area contributed by atoms with Crippen LogP contribution in [0.1, 0.15) is 5.69 Å². The van der Waals surface area contributed by atoms with Gasteiger partial charge in [0.1, 0.15) is 0 Å². The molecule has 1 aromatic rings. The Bertz CT molecular complexity index is 385. The summed E-state index contributed by atoms with van der Waals surface area (Å²) in [5.74, 6) is 0. The van der Waals surface area contributed by atoms with E-state index in [1.807, 2.05) is 36.4 Å². The third-order valence-corrected chi connectivity index (χ3v) is 2.57. The zero-order valence-electron chi connectivity index (χ0n) is 8.38. The molecular weight excluding hydrogens is 188 g/mol. The quantitative estimate of drug-likeness (QED) is 0.716. The third-order valence-electron chi connectivity index (χ3n) is 2.57. The zero-order chi connectivity index (χ0) is 10.7. The molecule has 1 aromatic heterocycles. The van der Waals surface area contributed by atoms with Gasteiger partial charge in [-0.15, -0.1) is 0 Å². The van der Waals surface area contributed by atoms with Gasteiger partial charge in [0.25, 0.3) is 0 Å². The number of aromatic nitrogens is 2. The molecular formula is C11H14N4. The van der Waals surface area contributed by atoms with E-state index >= 15 is 0 Å². The van der Waals surface area contributed by atoms with E-state index in [4.69, 9.17) is 11.5 Å². The molecule has 1 heterocycles. The van der Waals surface area contributed by atoms with E-state index < -0.39 is 5.54 Å². The first-order valence-electron chi connectivity index (χ1n) is 4.88. The van der Waals surface area contributed by atoms with Gasteiger partial charge in [-0.05, 0) is 12.1 Å². The van der Waals surface area contributed by atoms with Crippen LogP contribution in [0.4, 0.5) is 0 Å². The maximum Gasteiger partial charge on any atom is 0.0653 e. The zero-order valence-corrected chi connectivity index (χ0v) is 8.38. The van der Waals surface area contributed by atoms with E-state index in [-0.39, 0.29) is 6.04 Å². The van der Waals surface area contributed by atoms with Crippen molar-refractivity contribution in [2.24, 2.45) is 11.5 Å². The van der Waals surface area contributed by atoms with Gasteiger partial charge in [-0.3, -0.25) is 0 Å². The molecule has 1 aliphatic rings. The van der Waals surface area contributed by atoms with Crippen LogP contribution in [-0.4, -0.2) is 21.8 Å². The summed E-state index contributed by atoms with van der Waals surface area (Å²) in [4.78, 5) is 0. The van der Waals surface area contributed by atoms with Gasteiger partial charge in [-0.1, -0.05) is 24.3 Å². The van der Waals surface area contributed by atoms with Crippen LogP contribution in [0.15, 0.2) is 42.6 Å². The average molecular weight is 202 g/mol. The molecule has 2 unspecified atom stereocenters. The summed E-state index contributed by atoms with van der Waals surface area (Å²) in [7, 11) is 0. The molecule has 0 fully saturated rings. The Hall–Kier alpha value is -1.52. The topological polar surface area (TPSA) is 77.8 Å². The summed E-state index contributed by atoms with van der Waals surface area (Å²) in [6.07, 6.45) is 9.89. The van der Waals surface area contributed by atoms with Gasteiger partial charge in [0.05, 0.1) is 11.2 Å². The maximum absolute atomic E-state index is 6.20. The van der Waals surface area contributed by atoms with Gasteiger partial charge in [0.2, 0.25) is 0 Å². The molecule has 4 heteroatoms. The summed E-state index contributed by atoms with van der Waals surface area (Å²) < 4.78 is 0. The van der Waals surface area contributed by atoms with Crippen LogP contribution in [0.2, 0.25) is 0 Å². The minimum atomic E-state index is -0.551. The fourth-order valence-corrected chi connectivity index (χ4v) is 1.63. The lowest BCUT2D eigenvalue weighted by Crippen LogP contribution is -2.55. The van der Waals surface area contributed by atoms with Gasteiger partial charge >= 0.3 is 0 Å². The van der Waals surface area contributed by atoms with Gasteiger partial charge in [0, 0.05) is 18.7 Å². The molecule has 0 aliphatic heterocycles. The molecule has 2 atom stereocenters. The largest absolute Gasteiger partial charge is 0.323 e. The third kappa shape index (κ3) is 2.11. The fraction of sp³-hybridized carbons (Fsp3) is 0.273. The lowest BCUT2D eigenvalue weighted by Gasteiger charge is -2.32. The standard InChI is InChI=1S/C11H14N4/c12-10-5-1-2-6-11(10,13)8-9-4-3-7-14-15-9/h1-7,10H,8,12-13H2. The summed E-state index contributed by atoms with van der Waals surface area (Å²) in [6.45, 7) is 0. The fourth-order valence-electron chi connectivity index (χ4n) is 1.63. The highest BCUT2D eigenvalue weighted by molar-refractivity contribution is 5.28. The predicted molar refractivity (Wildman–Crippen MR) is 58.9 cm³/mol. The number of rotatable bonds is 2.